The van der Waals surface area contributed by atoms with Crippen molar-refractivity contribution in [3.05, 3.63) is 68.9 Å². The molecule has 0 saturated carbocycles. The summed E-state index contributed by atoms with van der Waals surface area (Å²) >= 11 is 0. The van der Waals surface area contributed by atoms with Crippen molar-refractivity contribution in [1.29, 1.82) is 0 Å². The van der Waals surface area contributed by atoms with Crippen LogP contribution in [0.15, 0.2) is 35.4 Å². The molecule has 2 aromatic rings. The number of hydrogen-bond donors (Lipinski definition) is 1. The first-order valence-electron chi connectivity index (χ1n) is 6.90. The van der Waals surface area contributed by atoms with Crippen LogP contribution in [0.4, 0.5) is 0 Å². The number of allylic oxidation sites excluding steroid dienone is 2. The van der Waals surface area contributed by atoms with Gasteiger partial charge in [0.2, 0.25) is 0 Å². The largest absolute Gasteiger partial charge is 4.00 e. The van der Waals surface area contributed by atoms with Gasteiger partial charge in [0, 0.05) is 0 Å². The van der Waals surface area contributed by atoms with Crippen LogP contribution in [0.1, 0.15) is 30.7 Å². The monoisotopic (exact) mass is 381 g/mol. The van der Waals surface area contributed by atoms with Gasteiger partial charge in [-0.15, -0.1) is 51.7 Å². The first-order chi connectivity index (χ1) is 9.49. The van der Waals surface area contributed by atoms with E-state index < -0.39 is 0 Å². The van der Waals surface area contributed by atoms with Gasteiger partial charge in [0.25, 0.3) is 0 Å². The van der Waals surface area contributed by atoms with Crippen molar-refractivity contribution in [2.75, 3.05) is 0 Å². The Morgan fingerprint density at radius 3 is 2.00 bits per heavy atom. The Labute approximate surface area is 166 Å². The van der Waals surface area contributed by atoms with Gasteiger partial charge < -0.3 is 29.8 Å². The molecule has 0 saturated heterocycles. The first kappa shape index (κ1) is 24.5. The molecule has 0 bridgehead atoms. The standard InChI is InChI=1S/C12H11.C7H10N.2ClH.Ti/c1-9(2)12-7-10-5-3-4-6-11(10)8-12;1-5-4-8-7(3)6(5)2;;;/h3-7H,1-2H3;8H,1-3H3;2*1H;/q2*-1;;;+4/p-2. The Balaban J connectivity index is 0. The smallest absolute Gasteiger partial charge is 1.00 e. The number of nitrogens with one attached hydrogen (secondary N) is 1. The van der Waals surface area contributed by atoms with E-state index in [1.54, 1.807) is 0 Å². The minimum atomic E-state index is 0. The van der Waals surface area contributed by atoms with Gasteiger partial charge in [0.05, 0.1) is 0 Å². The van der Waals surface area contributed by atoms with E-state index >= 15 is 0 Å². The average Bonchev–Trinajstić information content (AvgIpc) is 2.99. The van der Waals surface area contributed by atoms with Crippen LogP contribution in [-0.2, 0) is 21.7 Å². The summed E-state index contributed by atoms with van der Waals surface area (Å²) in [5.74, 6) is 0. The van der Waals surface area contributed by atoms with Crippen LogP contribution in [-0.4, -0.2) is 4.98 Å². The Morgan fingerprint density at radius 2 is 1.61 bits per heavy atom. The number of halogens is 2. The van der Waals surface area contributed by atoms with Crippen molar-refractivity contribution in [2.24, 2.45) is 0 Å². The topological polar surface area (TPSA) is 15.8 Å². The third-order valence-electron chi connectivity index (χ3n) is 3.63. The summed E-state index contributed by atoms with van der Waals surface area (Å²) < 4.78 is 0. The molecule has 0 fully saturated rings. The number of hydrogen-bond acceptors (Lipinski definition) is 0. The molecular formula is C19H21Cl2NTi. The SMILES string of the molecule is CC(C)=C1[C-]=c2ccccc2=C1.Cc1[c-][nH]c(C)c1C.[Cl-].[Cl-].[Ti+4]. The maximum absolute atomic E-state index is 3.36. The van der Waals surface area contributed by atoms with E-state index in [2.05, 4.69) is 76.2 Å². The van der Waals surface area contributed by atoms with Crippen molar-refractivity contribution >= 4 is 12.2 Å². The van der Waals surface area contributed by atoms with Crippen LogP contribution in [0.5, 0.6) is 0 Å². The van der Waals surface area contributed by atoms with Crippen molar-refractivity contribution in [1.82, 2.24) is 4.98 Å². The molecule has 1 aromatic carbocycles. The second-order valence-corrected chi connectivity index (χ2v) is 5.40. The maximum Gasteiger partial charge on any atom is 4.00 e. The molecule has 1 nitrogen and oxygen atoms in total. The number of aromatic amines is 1. The Morgan fingerprint density at radius 1 is 1.00 bits per heavy atom. The maximum atomic E-state index is 3.36. The summed E-state index contributed by atoms with van der Waals surface area (Å²) in [4.78, 5) is 3.01. The van der Waals surface area contributed by atoms with Gasteiger partial charge >= 0.3 is 21.7 Å². The Bertz CT molecular complexity index is 712. The fraction of sp³-hybridized carbons (Fsp3) is 0.263. The van der Waals surface area contributed by atoms with E-state index in [0.29, 0.717) is 0 Å². The normalized spacial score (nSPS) is 10.4. The van der Waals surface area contributed by atoms with Crippen LogP contribution in [0.2, 0.25) is 0 Å². The predicted octanol–water partition coefficient (Wildman–Crippen LogP) is -2.78. The van der Waals surface area contributed by atoms with Crippen LogP contribution in [0.25, 0.3) is 12.2 Å². The fourth-order valence-corrected chi connectivity index (χ4v) is 2.00. The van der Waals surface area contributed by atoms with Crippen LogP contribution < -0.4 is 35.3 Å². The molecule has 1 heterocycles. The van der Waals surface area contributed by atoms with Gasteiger partial charge in [-0.25, -0.2) is 0 Å². The van der Waals surface area contributed by atoms with Crippen molar-refractivity contribution in [3.8, 4) is 0 Å². The molecule has 23 heavy (non-hydrogen) atoms. The van der Waals surface area contributed by atoms with Crippen molar-refractivity contribution in [2.45, 2.75) is 34.6 Å². The van der Waals surface area contributed by atoms with E-state index in [0.717, 1.165) is 0 Å². The van der Waals surface area contributed by atoms with Gasteiger partial charge in [-0.3, -0.25) is 0 Å². The minimum absolute atomic E-state index is 0. The summed E-state index contributed by atoms with van der Waals surface area (Å²) in [6.45, 7) is 10.4. The van der Waals surface area contributed by atoms with Crippen LogP contribution in [0.3, 0.4) is 0 Å². The van der Waals surface area contributed by atoms with E-state index in [1.165, 1.54) is 38.4 Å². The Hall–Kier alpha value is -0.726. The summed E-state index contributed by atoms with van der Waals surface area (Å²) in [6, 6.07) is 8.33. The molecule has 3 rings (SSSR count). The molecule has 120 valence electrons. The molecule has 4 heteroatoms. The quantitative estimate of drug-likeness (QED) is 0.375. The molecule has 0 aliphatic heterocycles. The van der Waals surface area contributed by atoms with E-state index in [4.69, 9.17) is 0 Å². The molecule has 0 spiro atoms. The third kappa shape index (κ3) is 6.35. The number of aryl methyl sites for hydroxylation is 2. The number of benzene rings is 1. The van der Waals surface area contributed by atoms with Gasteiger partial charge in [-0.05, 0) is 0 Å². The van der Waals surface area contributed by atoms with Crippen molar-refractivity contribution < 1.29 is 46.5 Å². The van der Waals surface area contributed by atoms with E-state index in [1.807, 2.05) is 6.07 Å². The molecule has 1 N–H and O–H groups in total. The fourth-order valence-electron chi connectivity index (χ4n) is 2.00. The number of fused-ring (bicyclic) bond motifs is 1. The molecule has 1 aromatic heterocycles. The zero-order valence-electron chi connectivity index (χ0n) is 14.1. The van der Waals surface area contributed by atoms with Crippen LogP contribution in [0, 0.1) is 27.0 Å². The van der Waals surface area contributed by atoms with E-state index in [9.17, 15) is 0 Å². The first-order valence-corrected chi connectivity index (χ1v) is 6.90. The third-order valence-corrected chi connectivity index (χ3v) is 3.63. The van der Waals surface area contributed by atoms with Crippen LogP contribution >= 0.6 is 0 Å². The summed E-state index contributed by atoms with van der Waals surface area (Å²) in [7, 11) is 0. The second-order valence-electron chi connectivity index (χ2n) is 5.40. The average molecular weight is 382 g/mol. The summed E-state index contributed by atoms with van der Waals surface area (Å²) in [5, 5.41) is 2.50. The zero-order valence-corrected chi connectivity index (χ0v) is 17.2. The number of H-pyrrole nitrogens is 1. The van der Waals surface area contributed by atoms with Gasteiger partial charge in [0.15, 0.2) is 0 Å². The van der Waals surface area contributed by atoms with Gasteiger partial charge in [0.1, 0.15) is 0 Å². The molecule has 0 atom stereocenters. The molecule has 0 unspecified atom stereocenters. The molecule has 0 radical (unpaired) electrons. The van der Waals surface area contributed by atoms with E-state index in [-0.39, 0.29) is 46.5 Å². The molecule has 0 amide bonds. The number of aromatic nitrogens is 1. The summed E-state index contributed by atoms with van der Waals surface area (Å²) in [6.07, 6.45) is 8.55. The molecular weight excluding hydrogens is 361 g/mol. The summed E-state index contributed by atoms with van der Waals surface area (Å²) in [5.41, 5.74) is 6.33. The Kier molecular flexibility index (Phi) is 11.7. The minimum Gasteiger partial charge on any atom is -1.00 e. The van der Waals surface area contributed by atoms with Gasteiger partial charge in [-0.2, -0.15) is 11.1 Å². The molecule has 1 aliphatic carbocycles. The van der Waals surface area contributed by atoms with Crippen molar-refractivity contribution in [3.63, 3.8) is 0 Å². The predicted molar refractivity (Wildman–Crippen MR) is 85.8 cm³/mol. The second kappa shape index (κ2) is 10.9. The zero-order chi connectivity index (χ0) is 14.7. The molecule has 1 aliphatic rings. The number of rotatable bonds is 0. The van der Waals surface area contributed by atoms with Gasteiger partial charge in [-0.1, -0.05) is 52.8 Å².